The summed E-state index contributed by atoms with van der Waals surface area (Å²) in [7, 11) is -1.83. The maximum Gasteiger partial charge on any atom is 0.242 e. The Morgan fingerprint density at radius 2 is 2.00 bits per heavy atom. The van der Waals surface area contributed by atoms with Crippen LogP contribution in [-0.2, 0) is 10.0 Å². The summed E-state index contributed by atoms with van der Waals surface area (Å²) in [6.07, 6.45) is 1.81. The van der Waals surface area contributed by atoms with Gasteiger partial charge in [-0.3, -0.25) is 0 Å². The minimum absolute atomic E-state index is 0.285. The fourth-order valence-electron chi connectivity index (χ4n) is 1.92. The molecule has 1 aromatic carbocycles. The zero-order chi connectivity index (χ0) is 14.8. The van der Waals surface area contributed by atoms with Crippen molar-refractivity contribution in [2.75, 3.05) is 13.6 Å². The van der Waals surface area contributed by atoms with Crippen LogP contribution in [0.25, 0.3) is 10.9 Å². The van der Waals surface area contributed by atoms with E-state index in [1.54, 1.807) is 37.4 Å². The lowest BCUT2D eigenvalue weighted by molar-refractivity contribution is 0.459. The molecule has 2 rings (SSSR count). The second-order valence-electron chi connectivity index (χ2n) is 4.67. The summed E-state index contributed by atoms with van der Waals surface area (Å²) in [5, 5.41) is 1.16. The number of benzene rings is 1. The topological polar surface area (TPSA) is 50.3 Å². The summed E-state index contributed by atoms with van der Waals surface area (Å²) >= 11 is 5.82. The second kappa shape index (κ2) is 6.08. The van der Waals surface area contributed by atoms with Crippen molar-refractivity contribution >= 4 is 32.5 Å². The van der Waals surface area contributed by atoms with E-state index in [1.165, 1.54) is 4.31 Å². The van der Waals surface area contributed by atoms with Crippen molar-refractivity contribution in [2.45, 2.75) is 24.7 Å². The van der Waals surface area contributed by atoms with Gasteiger partial charge >= 0.3 is 0 Å². The first-order chi connectivity index (χ1) is 9.45. The van der Waals surface area contributed by atoms with E-state index in [4.69, 9.17) is 11.6 Å². The molecule has 0 bridgehead atoms. The summed E-state index contributed by atoms with van der Waals surface area (Å²) in [5.74, 6) is 0. The maximum absolute atomic E-state index is 12.4. The zero-order valence-electron chi connectivity index (χ0n) is 11.5. The number of halogens is 1. The van der Waals surface area contributed by atoms with Crippen LogP contribution in [0.15, 0.2) is 35.2 Å². The Morgan fingerprint density at radius 3 is 2.70 bits per heavy atom. The van der Waals surface area contributed by atoms with Gasteiger partial charge in [-0.05, 0) is 36.8 Å². The highest BCUT2D eigenvalue weighted by Crippen LogP contribution is 2.22. The van der Waals surface area contributed by atoms with Gasteiger partial charge in [-0.2, -0.15) is 0 Å². The smallest absolute Gasteiger partial charge is 0.236 e. The molecule has 0 amide bonds. The minimum Gasteiger partial charge on any atom is -0.236 e. The van der Waals surface area contributed by atoms with Crippen molar-refractivity contribution in [1.29, 1.82) is 0 Å². The highest BCUT2D eigenvalue weighted by atomic mass is 35.5. The fourth-order valence-corrected chi connectivity index (χ4v) is 3.32. The first-order valence-corrected chi connectivity index (χ1v) is 8.29. The fraction of sp³-hybridized carbons (Fsp3) is 0.357. The van der Waals surface area contributed by atoms with Crippen LogP contribution in [0.3, 0.4) is 0 Å². The number of nitrogens with zero attached hydrogens (tertiary/aromatic N) is 2. The van der Waals surface area contributed by atoms with Crippen molar-refractivity contribution in [3.63, 3.8) is 0 Å². The summed E-state index contributed by atoms with van der Waals surface area (Å²) in [6.45, 7) is 2.56. The summed E-state index contributed by atoms with van der Waals surface area (Å²) < 4.78 is 26.2. The van der Waals surface area contributed by atoms with Gasteiger partial charge in [-0.15, -0.1) is 0 Å². The summed E-state index contributed by atoms with van der Waals surface area (Å²) in [6, 6.07) is 8.32. The largest absolute Gasteiger partial charge is 0.242 e. The Bertz CT molecular complexity index is 716. The maximum atomic E-state index is 12.4. The molecular formula is C14H17ClN2O2S. The van der Waals surface area contributed by atoms with E-state index in [0.29, 0.717) is 17.2 Å². The Labute approximate surface area is 124 Å². The molecule has 108 valence electrons. The molecule has 0 fully saturated rings. The molecule has 0 spiro atoms. The molecule has 0 radical (unpaired) electrons. The van der Waals surface area contributed by atoms with Gasteiger partial charge < -0.3 is 0 Å². The third kappa shape index (κ3) is 3.11. The van der Waals surface area contributed by atoms with Gasteiger partial charge in [0.05, 0.1) is 10.4 Å². The van der Waals surface area contributed by atoms with E-state index >= 15 is 0 Å². The molecule has 0 saturated carbocycles. The molecule has 6 heteroatoms. The molecule has 0 aliphatic heterocycles. The first-order valence-electron chi connectivity index (χ1n) is 6.48. The third-order valence-corrected chi connectivity index (χ3v) is 5.22. The number of hydrogen-bond acceptors (Lipinski definition) is 3. The van der Waals surface area contributed by atoms with Crippen molar-refractivity contribution in [1.82, 2.24) is 9.29 Å². The Kier molecular flexibility index (Phi) is 4.62. The van der Waals surface area contributed by atoms with Gasteiger partial charge in [-0.25, -0.2) is 17.7 Å². The van der Waals surface area contributed by atoms with Gasteiger partial charge in [0.1, 0.15) is 5.15 Å². The second-order valence-corrected chi connectivity index (χ2v) is 7.10. The van der Waals surface area contributed by atoms with Gasteiger partial charge in [0.25, 0.3) is 0 Å². The molecule has 4 nitrogen and oxygen atoms in total. The Hall–Kier alpha value is -1.17. The van der Waals surface area contributed by atoms with Crippen LogP contribution in [0.5, 0.6) is 0 Å². The van der Waals surface area contributed by atoms with Gasteiger partial charge in [0.15, 0.2) is 0 Å². The molecule has 0 saturated heterocycles. The van der Waals surface area contributed by atoms with Crippen molar-refractivity contribution in [2.24, 2.45) is 0 Å². The molecule has 1 heterocycles. The quantitative estimate of drug-likeness (QED) is 0.796. The van der Waals surface area contributed by atoms with Crippen LogP contribution >= 0.6 is 11.6 Å². The summed E-state index contributed by atoms with van der Waals surface area (Å²) in [4.78, 5) is 4.44. The van der Waals surface area contributed by atoms with Gasteiger partial charge in [0.2, 0.25) is 10.0 Å². The molecule has 0 aliphatic carbocycles. The minimum atomic E-state index is -3.44. The lowest BCUT2D eigenvalue weighted by Gasteiger charge is -2.17. The predicted octanol–water partition coefficient (Wildman–Crippen LogP) is 3.31. The molecule has 0 atom stereocenters. The molecule has 2 aromatic rings. The monoisotopic (exact) mass is 312 g/mol. The Morgan fingerprint density at radius 1 is 1.25 bits per heavy atom. The lowest BCUT2D eigenvalue weighted by Crippen LogP contribution is -2.27. The van der Waals surface area contributed by atoms with Gasteiger partial charge in [-0.1, -0.05) is 24.9 Å². The third-order valence-electron chi connectivity index (χ3n) is 3.16. The number of aromatic nitrogens is 1. The van der Waals surface area contributed by atoms with Crippen molar-refractivity contribution in [3.05, 3.63) is 35.5 Å². The average molecular weight is 313 g/mol. The van der Waals surface area contributed by atoms with Crippen LogP contribution in [0, 0.1) is 0 Å². The molecular weight excluding hydrogens is 296 g/mol. The molecule has 0 N–H and O–H groups in total. The predicted molar refractivity (Wildman–Crippen MR) is 81.5 cm³/mol. The van der Waals surface area contributed by atoms with Crippen LogP contribution in [0.4, 0.5) is 0 Å². The van der Waals surface area contributed by atoms with E-state index in [2.05, 4.69) is 4.98 Å². The van der Waals surface area contributed by atoms with Crippen LogP contribution in [0.1, 0.15) is 19.8 Å². The van der Waals surface area contributed by atoms with Crippen molar-refractivity contribution < 1.29 is 8.42 Å². The van der Waals surface area contributed by atoms with E-state index in [9.17, 15) is 8.42 Å². The number of fused-ring (bicyclic) bond motifs is 1. The number of hydrogen-bond donors (Lipinski definition) is 0. The van der Waals surface area contributed by atoms with Crippen molar-refractivity contribution in [3.8, 4) is 0 Å². The average Bonchev–Trinajstić information content (AvgIpc) is 2.43. The van der Waals surface area contributed by atoms with E-state index < -0.39 is 10.0 Å². The number of rotatable bonds is 5. The highest BCUT2D eigenvalue weighted by molar-refractivity contribution is 7.89. The highest BCUT2D eigenvalue weighted by Gasteiger charge is 2.20. The summed E-state index contributed by atoms with van der Waals surface area (Å²) in [5.41, 5.74) is 0.688. The molecule has 0 aliphatic rings. The SMILES string of the molecule is CCCCN(C)S(=O)(=O)c1ccc2nc(Cl)ccc2c1. The normalized spacial score (nSPS) is 12.2. The number of sulfonamides is 1. The van der Waals surface area contributed by atoms with Gasteiger partial charge in [0, 0.05) is 19.0 Å². The first kappa shape index (κ1) is 15.2. The Balaban J connectivity index is 2.39. The van der Waals surface area contributed by atoms with E-state index in [1.807, 2.05) is 6.92 Å². The van der Waals surface area contributed by atoms with Crippen LogP contribution in [0.2, 0.25) is 5.15 Å². The number of unbranched alkanes of at least 4 members (excludes halogenated alkanes) is 1. The number of pyridine rings is 1. The lowest BCUT2D eigenvalue weighted by atomic mass is 10.2. The molecule has 1 aromatic heterocycles. The zero-order valence-corrected chi connectivity index (χ0v) is 13.1. The standard InChI is InChI=1S/C14H17ClN2O2S/c1-3-4-9-17(2)20(18,19)12-6-7-13-11(10-12)5-8-14(15)16-13/h5-8,10H,3-4,9H2,1-2H3. The molecule has 0 unspecified atom stereocenters. The van der Waals surface area contributed by atoms with E-state index in [-0.39, 0.29) is 4.90 Å². The van der Waals surface area contributed by atoms with Crippen LogP contribution in [-0.4, -0.2) is 31.3 Å². The van der Waals surface area contributed by atoms with Crippen LogP contribution < -0.4 is 0 Å². The van der Waals surface area contributed by atoms with E-state index in [0.717, 1.165) is 18.2 Å². The molecule has 20 heavy (non-hydrogen) atoms.